The summed E-state index contributed by atoms with van der Waals surface area (Å²) < 4.78 is 13.4. The van der Waals surface area contributed by atoms with Gasteiger partial charge in [0, 0.05) is 11.6 Å². The highest BCUT2D eigenvalue weighted by Gasteiger charge is 2.08. The fourth-order valence-electron chi connectivity index (χ4n) is 0.860. The van der Waals surface area contributed by atoms with Gasteiger partial charge in [-0.2, -0.15) is 0 Å². The Kier molecular flexibility index (Phi) is 3.63. The van der Waals surface area contributed by atoms with Gasteiger partial charge in [0.05, 0.1) is 4.47 Å². The molecule has 0 heterocycles. The van der Waals surface area contributed by atoms with E-state index >= 15 is 0 Å². The van der Waals surface area contributed by atoms with Crippen molar-refractivity contribution in [3.63, 3.8) is 0 Å². The third-order valence-electron chi connectivity index (χ3n) is 1.71. The molecule has 2 nitrogen and oxygen atoms in total. The number of halogens is 2. The fourth-order valence-corrected chi connectivity index (χ4v) is 1.11. The van der Waals surface area contributed by atoms with Crippen molar-refractivity contribution in [1.29, 1.82) is 0 Å². The van der Waals surface area contributed by atoms with Gasteiger partial charge in [-0.3, -0.25) is 4.79 Å². The van der Waals surface area contributed by atoms with Crippen molar-refractivity contribution in [3.8, 4) is 0 Å². The first-order chi connectivity index (χ1) is 6.50. The molecule has 14 heavy (non-hydrogen) atoms. The predicted octanol–water partition coefficient (Wildman–Crippen LogP) is 3.18. The second kappa shape index (κ2) is 4.55. The zero-order chi connectivity index (χ0) is 10.7. The van der Waals surface area contributed by atoms with Crippen LogP contribution in [-0.2, 0) is 4.79 Å². The molecule has 0 aliphatic rings. The molecule has 0 radical (unpaired) electrons. The Morgan fingerprint density at radius 1 is 1.50 bits per heavy atom. The predicted molar refractivity (Wildman–Crippen MR) is 57.6 cm³/mol. The number of hydrogen-bond donors (Lipinski definition) is 1. The number of anilines is 1. The molecule has 1 rings (SSSR count). The molecule has 1 aromatic rings. The van der Waals surface area contributed by atoms with Crippen LogP contribution >= 0.6 is 15.9 Å². The van der Waals surface area contributed by atoms with Gasteiger partial charge in [-0.1, -0.05) is 13.8 Å². The third-order valence-corrected chi connectivity index (χ3v) is 2.35. The van der Waals surface area contributed by atoms with Crippen LogP contribution in [0.3, 0.4) is 0 Å². The van der Waals surface area contributed by atoms with Crippen LogP contribution in [0.2, 0.25) is 0 Å². The van der Waals surface area contributed by atoms with Crippen molar-refractivity contribution in [1.82, 2.24) is 0 Å². The standard InChI is InChI=1S/C10H11BrFNO/c1-6(2)10(14)13-7-3-4-8(11)9(12)5-7/h3-6H,1-2H3,(H,13,14). The average molecular weight is 260 g/mol. The molecular formula is C10H11BrFNO. The molecule has 0 unspecified atom stereocenters. The molecule has 0 atom stereocenters. The van der Waals surface area contributed by atoms with Gasteiger partial charge in [0.15, 0.2) is 0 Å². The molecule has 76 valence electrons. The molecule has 0 spiro atoms. The quantitative estimate of drug-likeness (QED) is 0.869. The Morgan fingerprint density at radius 2 is 2.14 bits per heavy atom. The average Bonchev–Trinajstić information content (AvgIpc) is 2.11. The summed E-state index contributed by atoms with van der Waals surface area (Å²) in [5, 5.41) is 2.61. The second-order valence-electron chi connectivity index (χ2n) is 3.27. The number of carbonyl (C=O) groups excluding carboxylic acids is 1. The molecule has 0 aliphatic heterocycles. The summed E-state index contributed by atoms with van der Waals surface area (Å²) >= 11 is 3.04. The van der Waals surface area contributed by atoms with E-state index in [1.165, 1.54) is 6.07 Å². The molecule has 4 heteroatoms. The minimum Gasteiger partial charge on any atom is -0.326 e. The molecule has 0 saturated carbocycles. The van der Waals surface area contributed by atoms with Crippen molar-refractivity contribution in [3.05, 3.63) is 28.5 Å². The van der Waals surface area contributed by atoms with Crippen LogP contribution in [0.4, 0.5) is 10.1 Å². The molecule has 0 fully saturated rings. The van der Waals surface area contributed by atoms with E-state index in [0.29, 0.717) is 10.2 Å². The molecule has 1 amide bonds. The van der Waals surface area contributed by atoms with E-state index in [1.54, 1.807) is 26.0 Å². The number of amides is 1. The van der Waals surface area contributed by atoms with Crippen LogP contribution < -0.4 is 5.32 Å². The van der Waals surface area contributed by atoms with E-state index < -0.39 is 0 Å². The number of nitrogens with one attached hydrogen (secondary N) is 1. The van der Waals surface area contributed by atoms with Crippen molar-refractivity contribution in [2.75, 3.05) is 5.32 Å². The first kappa shape index (κ1) is 11.2. The molecular weight excluding hydrogens is 249 g/mol. The summed E-state index contributed by atoms with van der Waals surface area (Å²) in [5.74, 6) is -0.611. The van der Waals surface area contributed by atoms with Crippen molar-refractivity contribution < 1.29 is 9.18 Å². The SMILES string of the molecule is CC(C)C(=O)Nc1ccc(Br)c(F)c1. The van der Waals surface area contributed by atoms with Crippen LogP contribution in [0.25, 0.3) is 0 Å². The number of hydrogen-bond acceptors (Lipinski definition) is 1. The van der Waals surface area contributed by atoms with Gasteiger partial charge in [0.25, 0.3) is 0 Å². The van der Waals surface area contributed by atoms with E-state index in [2.05, 4.69) is 21.2 Å². The van der Waals surface area contributed by atoms with E-state index in [1.807, 2.05) is 0 Å². The zero-order valence-corrected chi connectivity index (χ0v) is 9.56. The Balaban J connectivity index is 2.78. The van der Waals surface area contributed by atoms with Crippen LogP contribution in [0.5, 0.6) is 0 Å². The van der Waals surface area contributed by atoms with Crippen LogP contribution in [0.15, 0.2) is 22.7 Å². The number of rotatable bonds is 2. The van der Waals surface area contributed by atoms with Crippen molar-refractivity contribution in [2.45, 2.75) is 13.8 Å². The summed E-state index contributed by atoms with van der Waals surface area (Å²) in [5.41, 5.74) is 0.476. The molecule has 0 bridgehead atoms. The summed E-state index contributed by atoms with van der Waals surface area (Å²) in [6.45, 7) is 3.56. The van der Waals surface area contributed by atoms with Gasteiger partial charge in [0.2, 0.25) is 5.91 Å². The third kappa shape index (κ3) is 2.80. The zero-order valence-electron chi connectivity index (χ0n) is 7.97. The fraction of sp³-hybridized carbons (Fsp3) is 0.300. The second-order valence-corrected chi connectivity index (χ2v) is 4.13. The Labute approximate surface area is 90.6 Å². The highest BCUT2D eigenvalue weighted by atomic mass is 79.9. The van der Waals surface area contributed by atoms with Crippen molar-refractivity contribution >= 4 is 27.5 Å². The van der Waals surface area contributed by atoms with Gasteiger partial charge in [-0.05, 0) is 34.1 Å². The topological polar surface area (TPSA) is 29.1 Å². The first-order valence-electron chi connectivity index (χ1n) is 4.26. The first-order valence-corrected chi connectivity index (χ1v) is 5.06. The lowest BCUT2D eigenvalue weighted by Crippen LogP contribution is -2.17. The lowest BCUT2D eigenvalue weighted by Gasteiger charge is -2.07. The monoisotopic (exact) mass is 259 g/mol. The van der Waals surface area contributed by atoms with Gasteiger partial charge in [-0.15, -0.1) is 0 Å². The highest BCUT2D eigenvalue weighted by molar-refractivity contribution is 9.10. The highest BCUT2D eigenvalue weighted by Crippen LogP contribution is 2.19. The normalized spacial score (nSPS) is 10.4. The summed E-state index contributed by atoms with van der Waals surface area (Å²) in [4.78, 5) is 11.3. The van der Waals surface area contributed by atoms with E-state index in [-0.39, 0.29) is 17.6 Å². The van der Waals surface area contributed by atoms with Gasteiger partial charge >= 0.3 is 0 Å². The summed E-state index contributed by atoms with van der Waals surface area (Å²) in [7, 11) is 0. The largest absolute Gasteiger partial charge is 0.326 e. The van der Waals surface area contributed by atoms with Crippen LogP contribution in [0.1, 0.15) is 13.8 Å². The van der Waals surface area contributed by atoms with Gasteiger partial charge in [-0.25, -0.2) is 4.39 Å². The number of carbonyl (C=O) groups is 1. The van der Waals surface area contributed by atoms with Crippen LogP contribution in [0, 0.1) is 11.7 Å². The Hall–Kier alpha value is -0.900. The lowest BCUT2D eigenvalue weighted by atomic mass is 10.2. The summed E-state index contributed by atoms with van der Waals surface area (Å²) in [6, 6.07) is 4.49. The maximum absolute atomic E-state index is 13.0. The molecule has 1 N–H and O–H groups in total. The lowest BCUT2D eigenvalue weighted by molar-refractivity contribution is -0.118. The molecule has 1 aromatic carbocycles. The van der Waals surface area contributed by atoms with Gasteiger partial charge in [0.1, 0.15) is 5.82 Å². The summed E-state index contributed by atoms with van der Waals surface area (Å²) in [6.07, 6.45) is 0. The molecule has 0 aromatic heterocycles. The smallest absolute Gasteiger partial charge is 0.226 e. The minimum atomic E-state index is -0.383. The minimum absolute atomic E-state index is 0.110. The number of benzene rings is 1. The van der Waals surface area contributed by atoms with Gasteiger partial charge < -0.3 is 5.32 Å². The van der Waals surface area contributed by atoms with E-state index in [0.717, 1.165) is 0 Å². The Morgan fingerprint density at radius 3 is 2.64 bits per heavy atom. The Bertz CT molecular complexity index is 352. The maximum Gasteiger partial charge on any atom is 0.226 e. The van der Waals surface area contributed by atoms with Crippen molar-refractivity contribution in [2.24, 2.45) is 5.92 Å². The molecule has 0 aliphatic carbocycles. The molecule has 0 saturated heterocycles. The van der Waals surface area contributed by atoms with E-state index in [4.69, 9.17) is 0 Å². The van der Waals surface area contributed by atoms with E-state index in [9.17, 15) is 9.18 Å². The maximum atomic E-state index is 13.0. The van der Waals surface area contributed by atoms with Crippen LogP contribution in [-0.4, -0.2) is 5.91 Å².